The molecular formula is C30H31NO4. The number of nitrogens with one attached hydrogen (secondary N) is 1. The number of amides is 1. The van der Waals surface area contributed by atoms with Crippen LogP contribution in [-0.2, 0) is 4.79 Å². The van der Waals surface area contributed by atoms with Gasteiger partial charge in [0.2, 0.25) is 5.91 Å². The molecule has 0 bridgehead atoms. The van der Waals surface area contributed by atoms with E-state index in [1.165, 1.54) is 12.8 Å². The zero-order chi connectivity index (χ0) is 24.0. The second-order valence-corrected chi connectivity index (χ2v) is 9.20. The third-order valence-electron chi connectivity index (χ3n) is 6.70. The number of methoxy groups -OCH3 is 1. The molecule has 3 aromatic rings. The lowest BCUT2D eigenvalue weighted by atomic mass is 9.87. The molecule has 35 heavy (non-hydrogen) atoms. The van der Waals surface area contributed by atoms with E-state index in [1.807, 2.05) is 66.7 Å². The molecule has 2 fully saturated rings. The van der Waals surface area contributed by atoms with Crippen molar-refractivity contribution < 1.29 is 19.0 Å². The molecule has 3 aromatic carbocycles. The first-order valence-electron chi connectivity index (χ1n) is 12.3. The van der Waals surface area contributed by atoms with Crippen LogP contribution in [0.25, 0.3) is 6.08 Å². The summed E-state index contributed by atoms with van der Waals surface area (Å²) in [5.74, 6) is 3.22. The quantitative estimate of drug-likeness (QED) is 0.402. The fraction of sp³-hybridized carbons (Fsp3) is 0.300. The van der Waals surface area contributed by atoms with Gasteiger partial charge in [-0.3, -0.25) is 4.79 Å². The Morgan fingerprint density at radius 1 is 0.886 bits per heavy atom. The predicted octanol–water partition coefficient (Wildman–Crippen LogP) is 6.50. The van der Waals surface area contributed by atoms with E-state index in [0.717, 1.165) is 52.5 Å². The van der Waals surface area contributed by atoms with Crippen LogP contribution in [-0.4, -0.2) is 25.7 Å². The van der Waals surface area contributed by atoms with Gasteiger partial charge in [-0.25, -0.2) is 0 Å². The molecule has 0 radical (unpaired) electrons. The molecule has 0 unspecified atom stereocenters. The second kappa shape index (κ2) is 10.7. The first-order valence-corrected chi connectivity index (χ1v) is 12.3. The highest BCUT2D eigenvalue weighted by Crippen LogP contribution is 2.37. The number of para-hydroxylation sites is 1. The molecule has 0 spiro atoms. The minimum absolute atomic E-state index is 0.0217. The Kier molecular flexibility index (Phi) is 7.03. The molecule has 0 aromatic heterocycles. The summed E-state index contributed by atoms with van der Waals surface area (Å²) in [5, 5.41) is 3.07. The van der Waals surface area contributed by atoms with Crippen molar-refractivity contribution in [1.29, 1.82) is 0 Å². The predicted molar refractivity (Wildman–Crippen MR) is 137 cm³/mol. The van der Waals surface area contributed by atoms with Crippen LogP contribution in [0, 0.1) is 0 Å². The summed E-state index contributed by atoms with van der Waals surface area (Å²) in [7, 11) is 1.67. The fourth-order valence-corrected chi connectivity index (χ4v) is 4.84. The summed E-state index contributed by atoms with van der Waals surface area (Å²) >= 11 is 0. The van der Waals surface area contributed by atoms with E-state index in [0.29, 0.717) is 13.0 Å². The standard InChI is InChI=1S/C30H31NO4/c1-33-28-15-14-22(19-29(28)35-26-11-5-6-12-26)24-18-23(30(32)31-20-24)16-21-8-7-13-27(17-21)34-25-9-3-2-4-10-25/h2-4,7-10,13-17,19,24,26H,5-6,11-12,18,20H2,1H3,(H,31,32)/b23-16+/t24-/m1/s1. The van der Waals surface area contributed by atoms with E-state index in [2.05, 4.69) is 17.4 Å². The van der Waals surface area contributed by atoms with Crippen LogP contribution >= 0.6 is 0 Å². The Hall–Kier alpha value is -3.73. The van der Waals surface area contributed by atoms with E-state index < -0.39 is 0 Å². The van der Waals surface area contributed by atoms with Crippen LogP contribution in [0.5, 0.6) is 23.0 Å². The van der Waals surface area contributed by atoms with Gasteiger partial charge in [0.05, 0.1) is 13.2 Å². The van der Waals surface area contributed by atoms with Gasteiger partial charge < -0.3 is 19.5 Å². The third-order valence-corrected chi connectivity index (χ3v) is 6.70. The normalized spacial score (nSPS) is 19.4. The van der Waals surface area contributed by atoms with Crippen molar-refractivity contribution in [3.8, 4) is 23.0 Å². The number of benzene rings is 3. The number of rotatable bonds is 7. The minimum Gasteiger partial charge on any atom is -0.493 e. The molecule has 5 heteroatoms. The number of hydrogen-bond acceptors (Lipinski definition) is 4. The molecule has 2 aliphatic rings. The monoisotopic (exact) mass is 469 g/mol. The van der Waals surface area contributed by atoms with Crippen molar-refractivity contribution in [3.05, 3.63) is 89.5 Å². The number of ether oxygens (including phenoxy) is 3. The molecule has 1 saturated carbocycles. The van der Waals surface area contributed by atoms with Gasteiger partial charge >= 0.3 is 0 Å². The summed E-state index contributed by atoms with van der Waals surface area (Å²) in [5.41, 5.74) is 2.84. The molecular weight excluding hydrogens is 438 g/mol. The van der Waals surface area contributed by atoms with Gasteiger partial charge in [0.25, 0.3) is 0 Å². The van der Waals surface area contributed by atoms with Crippen molar-refractivity contribution in [2.45, 2.75) is 44.1 Å². The molecule has 1 amide bonds. The zero-order valence-electron chi connectivity index (χ0n) is 20.0. The van der Waals surface area contributed by atoms with Crippen LogP contribution in [0.2, 0.25) is 0 Å². The van der Waals surface area contributed by atoms with E-state index in [4.69, 9.17) is 14.2 Å². The summed E-state index contributed by atoms with van der Waals surface area (Å²) < 4.78 is 17.8. The van der Waals surface area contributed by atoms with Gasteiger partial charge in [-0.1, -0.05) is 36.4 Å². The maximum Gasteiger partial charge on any atom is 0.247 e. The summed E-state index contributed by atoms with van der Waals surface area (Å²) in [6.45, 7) is 0.600. The Bertz CT molecular complexity index is 1200. The van der Waals surface area contributed by atoms with Crippen molar-refractivity contribution in [2.75, 3.05) is 13.7 Å². The molecule has 1 atom stereocenters. The molecule has 1 heterocycles. The Morgan fingerprint density at radius 2 is 1.69 bits per heavy atom. The van der Waals surface area contributed by atoms with Crippen LogP contribution in [0.4, 0.5) is 0 Å². The maximum atomic E-state index is 12.7. The first-order chi connectivity index (χ1) is 17.2. The zero-order valence-corrected chi connectivity index (χ0v) is 20.0. The number of piperidine rings is 1. The fourth-order valence-electron chi connectivity index (χ4n) is 4.84. The van der Waals surface area contributed by atoms with E-state index in [1.54, 1.807) is 7.11 Å². The lowest BCUT2D eigenvalue weighted by Gasteiger charge is -2.26. The lowest BCUT2D eigenvalue weighted by molar-refractivity contribution is -0.118. The maximum absolute atomic E-state index is 12.7. The molecule has 1 aliphatic carbocycles. The second-order valence-electron chi connectivity index (χ2n) is 9.20. The van der Waals surface area contributed by atoms with Gasteiger partial charge in [-0.05, 0) is 85.7 Å². The molecule has 1 N–H and O–H groups in total. The van der Waals surface area contributed by atoms with Gasteiger partial charge in [0.15, 0.2) is 11.5 Å². The molecule has 5 rings (SSSR count). The third kappa shape index (κ3) is 5.68. The Labute approximate surface area is 206 Å². The highest BCUT2D eigenvalue weighted by molar-refractivity contribution is 5.98. The van der Waals surface area contributed by atoms with Crippen LogP contribution in [0.3, 0.4) is 0 Å². The summed E-state index contributed by atoms with van der Waals surface area (Å²) in [6.07, 6.45) is 7.48. The summed E-state index contributed by atoms with van der Waals surface area (Å²) in [6, 6.07) is 23.6. The first kappa shape index (κ1) is 23.0. The highest BCUT2D eigenvalue weighted by atomic mass is 16.5. The van der Waals surface area contributed by atoms with Crippen LogP contribution in [0.15, 0.2) is 78.4 Å². The van der Waals surface area contributed by atoms with Gasteiger partial charge in [-0.2, -0.15) is 0 Å². The van der Waals surface area contributed by atoms with E-state index in [9.17, 15) is 4.79 Å². The number of carbonyl (C=O) groups is 1. The van der Waals surface area contributed by atoms with Crippen molar-refractivity contribution in [1.82, 2.24) is 5.32 Å². The van der Waals surface area contributed by atoms with Crippen LogP contribution in [0.1, 0.15) is 49.1 Å². The SMILES string of the molecule is COc1ccc([C@H]2CNC(=O)/C(=C/c3cccc(Oc4ccccc4)c3)C2)cc1OC1CCCC1. The number of hydrogen-bond donors (Lipinski definition) is 1. The largest absolute Gasteiger partial charge is 0.493 e. The molecule has 1 saturated heterocycles. The smallest absolute Gasteiger partial charge is 0.247 e. The van der Waals surface area contributed by atoms with E-state index >= 15 is 0 Å². The minimum atomic E-state index is -0.0217. The molecule has 1 aliphatic heterocycles. The topological polar surface area (TPSA) is 56.8 Å². The molecule has 180 valence electrons. The lowest BCUT2D eigenvalue weighted by Crippen LogP contribution is -2.35. The average Bonchev–Trinajstić information content (AvgIpc) is 3.39. The molecule has 5 nitrogen and oxygen atoms in total. The van der Waals surface area contributed by atoms with Gasteiger partial charge in [0.1, 0.15) is 11.5 Å². The highest BCUT2D eigenvalue weighted by Gasteiger charge is 2.26. The average molecular weight is 470 g/mol. The summed E-state index contributed by atoms with van der Waals surface area (Å²) in [4.78, 5) is 12.7. The van der Waals surface area contributed by atoms with Crippen LogP contribution < -0.4 is 19.5 Å². The van der Waals surface area contributed by atoms with Crippen molar-refractivity contribution >= 4 is 12.0 Å². The van der Waals surface area contributed by atoms with Crippen molar-refractivity contribution in [3.63, 3.8) is 0 Å². The van der Waals surface area contributed by atoms with E-state index in [-0.39, 0.29) is 17.9 Å². The van der Waals surface area contributed by atoms with Gasteiger partial charge in [-0.15, -0.1) is 0 Å². The van der Waals surface area contributed by atoms with Gasteiger partial charge in [0, 0.05) is 18.0 Å². The van der Waals surface area contributed by atoms with Crippen molar-refractivity contribution in [2.24, 2.45) is 0 Å². The number of carbonyl (C=O) groups excluding carboxylic acids is 1. The Balaban J connectivity index is 1.34. The Morgan fingerprint density at radius 3 is 2.49 bits per heavy atom.